The lowest BCUT2D eigenvalue weighted by Crippen LogP contribution is -2.40. The van der Waals surface area contributed by atoms with Crippen LogP contribution in [0.5, 0.6) is 5.75 Å². The van der Waals surface area contributed by atoms with Crippen LogP contribution in [0.25, 0.3) is 0 Å². The zero-order valence-corrected chi connectivity index (χ0v) is 21.1. The number of hydrogen-bond acceptors (Lipinski definition) is 7. The Hall–Kier alpha value is -4.25. The topological polar surface area (TPSA) is 131 Å². The molecule has 0 bridgehead atoms. The van der Waals surface area contributed by atoms with E-state index in [1.807, 2.05) is 6.92 Å². The summed E-state index contributed by atoms with van der Waals surface area (Å²) in [7, 11) is -2.72. The van der Waals surface area contributed by atoms with Crippen LogP contribution < -0.4 is 14.5 Å². The summed E-state index contributed by atoms with van der Waals surface area (Å²) in [6.45, 7) is 4.70. The maximum absolute atomic E-state index is 13.6. The maximum atomic E-state index is 13.6. The molecule has 11 heteroatoms. The van der Waals surface area contributed by atoms with Crippen molar-refractivity contribution in [3.63, 3.8) is 0 Å². The highest BCUT2D eigenvalue weighted by atomic mass is 32.2. The van der Waals surface area contributed by atoms with Gasteiger partial charge in [0.05, 0.1) is 28.3 Å². The van der Waals surface area contributed by atoms with Gasteiger partial charge in [0.25, 0.3) is 21.6 Å². The fourth-order valence-electron chi connectivity index (χ4n) is 3.33. The minimum atomic E-state index is -4.14. The van der Waals surface area contributed by atoms with Crippen LogP contribution in [0.15, 0.2) is 76.7 Å². The van der Waals surface area contributed by atoms with Gasteiger partial charge in [-0.05, 0) is 68.3 Å². The van der Waals surface area contributed by atoms with E-state index in [0.29, 0.717) is 11.3 Å². The smallest absolute Gasteiger partial charge is 0.269 e. The average molecular weight is 511 g/mol. The summed E-state index contributed by atoms with van der Waals surface area (Å²) < 4.78 is 33.6. The van der Waals surface area contributed by atoms with Crippen molar-refractivity contribution in [2.45, 2.75) is 25.7 Å². The van der Waals surface area contributed by atoms with Crippen LogP contribution in [-0.2, 0) is 14.8 Å². The van der Waals surface area contributed by atoms with Gasteiger partial charge < -0.3 is 4.74 Å². The number of non-ortho nitro benzene ring substituents is 1. The summed E-state index contributed by atoms with van der Waals surface area (Å²) in [5.41, 5.74) is 5.13. The number of amides is 1. The van der Waals surface area contributed by atoms with Gasteiger partial charge in [0.2, 0.25) is 0 Å². The van der Waals surface area contributed by atoms with E-state index >= 15 is 0 Å². The van der Waals surface area contributed by atoms with Gasteiger partial charge in [-0.25, -0.2) is 13.8 Å². The van der Waals surface area contributed by atoms with Crippen molar-refractivity contribution in [1.29, 1.82) is 0 Å². The molecule has 0 fully saturated rings. The van der Waals surface area contributed by atoms with Crippen LogP contribution >= 0.6 is 0 Å². The SMILES string of the molecule is COc1ccc(C)cc1N(CC(=O)N/N=C(/C)c1ccc([N+](=O)[O-])cc1)S(=O)(=O)c1ccc(C)cc1. The molecule has 3 rings (SSSR count). The first-order valence-corrected chi connectivity index (χ1v) is 12.3. The normalized spacial score (nSPS) is 11.6. The summed E-state index contributed by atoms with van der Waals surface area (Å²) >= 11 is 0. The Morgan fingerprint density at radius 2 is 1.64 bits per heavy atom. The van der Waals surface area contributed by atoms with Crippen LogP contribution in [0.3, 0.4) is 0 Å². The number of nitro groups is 1. The van der Waals surface area contributed by atoms with Crippen molar-refractivity contribution in [2.24, 2.45) is 5.10 Å². The van der Waals surface area contributed by atoms with E-state index in [9.17, 15) is 23.3 Å². The summed E-state index contributed by atoms with van der Waals surface area (Å²) in [5, 5.41) is 14.9. The second-order valence-corrected chi connectivity index (χ2v) is 9.90. The van der Waals surface area contributed by atoms with E-state index < -0.39 is 27.4 Å². The molecule has 0 saturated heterocycles. The number of ether oxygens (including phenoxy) is 1. The number of aryl methyl sites for hydroxylation is 2. The third-order valence-corrected chi connectivity index (χ3v) is 7.12. The van der Waals surface area contributed by atoms with Crippen molar-refractivity contribution in [2.75, 3.05) is 18.0 Å². The number of methoxy groups -OCH3 is 1. The molecule has 10 nitrogen and oxygen atoms in total. The highest BCUT2D eigenvalue weighted by Crippen LogP contribution is 2.33. The second kappa shape index (κ2) is 11.0. The molecule has 0 radical (unpaired) electrons. The first kappa shape index (κ1) is 26.4. The van der Waals surface area contributed by atoms with Gasteiger partial charge in [-0.3, -0.25) is 19.2 Å². The predicted octanol–water partition coefficient (Wildman–Crippen LogP) is 3.96. The minimum absolute atomic E-state index is 0.0232. The Kier molecular flexibility index (Phi) is 8.05. The van der Waals surface area contributed by atoms with E-state index in [1.54, 1.807) is 44.2 Å². The molecule has 0 aromatic heterocycles. The fraction of sp³-hybridized carbons (Fsp3) is 0.200. The first-order valence-electron chi connectivity index (χ1n) is 10.8. The third-order valence-electron chi connectivity index (χ3n) is 5.34. The van der Waals surface area contributed by atoms with E-state index in [0.717, 1.165) is 15.4 Å². The van der Waals surface area contributed by atoms with Gasteiger partial charge in [0, 0.05) is 12.1 Å². The number of nitrogens with one attached hydrogen (secondary N) is 1. The summed E-state index contributed by atoms with van der Waals surface area (Å²) in [5.74, 6) is -0.398. The molecule has 0 heterocycles. The Balaban J connectivity index is 1.92. The van der Waals surface area contributed by atoms with Gasteiger partial charge in [-0.15, -0.1) is 0 Å². The minimum Gasteiger partial charge on any atom is -0.495 e. The van der Waals surface area contributed by atoms with Gasteiger partial charge in [0.15, 0.2) is 0 Å². The molecule has 0 aliphatic carbocycles. The number of nitro benzene ring substituents is 1. The zero-order chi connectivity index (χ0) is 26.5. The Labute approximate surface area is 209 Å². The van der Waals surface area contributed by atoms with Crippen LogP contribution in [-0.4, -0.2) is 38.6 Å². The first-order chi connectivity index (χ1) is 17.0. The van der Waals surface area contributed by atoms with Crippen molar-refractivity contribution in [3.8, 4) is 5.75 Å². The largest absolute Gasteiger partial charge is 0.495 e. The fourth-order valence-corrected chi connectivity index (χ4v) is 4.76. The lowest BCUT2D eigenvalue weighted by Gasteiger charge is -2.25. The van der Waals surface area contributed by atoms with E-state index in [4.69, 9.17) is 4.74 Å². The molecule has 36 heavy (non-hydrogen) atoms. The number of sulfonamides is 1. The van der Waals surface area contributed by atoms with Crippen LogP contribution in [0, 0.1) is 24.0 Å². The highest BCUT2D eigenvalue weighted by Gasteiger charge is 2.29. The van der Waals surface area contributed by atoms with Crippen molar-refractivity contribution in [3.05, 3.63) is 93.5 Å². The maximum Gasteiger partial charge on any atom is 0.269 e. The number of hydrogen-bond donors (Lipinski definition) is 1. The highest BCUT2D eigenvalue weighted by molar-refractivity contribution is 7.92. The van der Waals surface area contributed by atoms with Gasteiger partial charge in [-0.1, -0.05) is 23.8 Å². The van der Waals surface area contributed by atoms with E-state index in [2.05, 4.69) is 10.5 Å². The van der Waals surface area contributed by atoms with Gasteiger partial charge in [0.1, 0.15) is 12.3 Å². The molecule has 1 N–H and O–H groups in total. The number of anilines is 1. The molecule has 3 aromatic carbocycles. The third kappa shape index (κ3) is 6.05. The molecule has 0 saturated carbocycles. The van der Waals surface area contributed by atoms with Gasteiger partial charge in [-0.2, -0.15) is 5.10 Å². The molecule has 188 valence electrons. The lowest BCUT2D eigenvalue weighted by molar-refractivity contribution is -0.384. The predicted molar refractivity (Wildman–Crippen MR) is 137 cm³/mol. The zero-order valence-electron chi connectivity index (χ0n) is 20.3. The Bertz CT molecular complexity index is 1400. The molecule has 0 aliphatic rings. The molecule has 0 unspecified atom stereocenters. The summed E-state index contributed by atoms with van der Waals surface area (Å²) in [6.07, 6.45) is 0. The summed E-state index contributed by atoms with van der Waals surface area (Å²) in [4.78, 5) is 23.2. The van der Waals surface area contributed by atoms with E-state index in [-0.39, 0.29) is 22.0 Å². The van der Waals surface area contributed by atoms with Gasteiger partial charge >= 0.3 is 0 Å². The number of carbonyl (C=O) groups is 1. The lowest BCUT2D eigenvalue weighted by atomic mass is 10.1. The number of hydrazone groups is 1. The number of rotatable bonds is 9. The van der Waals surface area contributed by atoms with Crippen molar-refractivity contribution >= 4 is 33.0 Å². The molecular formula is C25H26N4O6S. The van der Waals surface area contributed by atoms with Crippen molar-refractivity contribution in [1.82, 2.24) is 5.43 Å². The van der Waals surface area contributed by atoms with E-state index in [1.165, 1.54) is 43.5 Å². The molecule has 3 aromatic rings. The molecule has 0 spiro atoms. The van der Waals surface area contributed by atoms with Crippen LogP contribution in [0.2, 0.25) is 0 Å². The Morgan fingerprint density at radius 1 is 1.03 bits per heavy atom. The monoisotopic (exact) mass is 510 g/mol. The average Bonchev–Trinajstić information content (AvgIpc) is 2.86. The number of carbonyl (C=O) groups excluding carboxylic acids is 1. The number of benzene rings is 3. The van der Waals surface area contributed by atoms with Crippen LogP contribution in [0.4, 0.5) is 11.4 Å². The molecule has 0 atom stereocenters. The molecule has 1 amide bonds. The second-order valence-electron chi connectivity index (χ2n) is 8.04. The standard InChI is InChI=1S/C25H26N4O6S/c1-17-5-12-22(13-6-17)36(33,34)28(23-15-18(2)7-14-24(23)35-4)16-25(30)27-26-19(3)20-8-10-21(11-9-20)29(31)32/h5-15H,16H2,1-4H3,(H,27,30)/b26-19-. The van der Waals surface area contributed by atoms with Crippen LogP contribution in [0.1, 0.15) is 23.6 Å². The molecular weight excluding hydrogens is 484 g/mol. The number of nitrogens with zero attached hydrogens (tertiary/aromatic N) is 3. The Morgan fingerprint density at radius 3 is 2.22 bits per heavy atom. The summed E-state index contributed by atoms with van der Waals surface area (Å²) in [6, 6.07) is 17.0. The molecule has 0 aliphatic heterocycles. The van der Waals surface area contributed by atoms with Crippen molar-refractivity contribution < 1.29 is 22.9 Å². The quantitative estimate of drug-likeness (QED) is 0.263.